The Balaban J connectivity index is 0.00000361. The van der Waals surface area contributed by atoms with Crippen LogP contribution in [0.5, 0.6) is 5.75 Å². The molecule has 0 spiro atoms. The van der Waals surface area contributed by atoms with Crippen LogP contribution < -0.4 is 10.1 Å². The Morgan fingerprint density at radius 1 is 1.03 bits per heavy atom. The molecule has 1 amide bonds. The smallest absolute Gasteiger partial charge is 0.257 e. The van der Waals surface area contributed by atoms with Crippen molar-refractivity contribution < 1.29 is 22.7 Å². The summed E-state index contributed by atoms with van der Waals surface area (Å²) in [5.74, 6) is -0.999. The molecule has 1 aromatic heterocycles. The number of aromatic nitrogens is 2. The Bertz CT molecular complexity index is 1360. The second-order valence-corrected chi connectivity index (χ2v) is 9.03. The van der Waals surface area contributed by atoms with Crippen LogP contribution in [0.25, 0.3) is 16.6 Å². The summed E-state index contributed by atoms with van der Waals surface area (Å²) in [6.07, 6.45) is 0.951. The first kappa shape index (κ1) is 26.8. The van der Waals surface area contributed by atoms with E-state index in [1.165, 1.54) is 38.1 Å². The van der Waals surface area contributed by atoms with E-state index in [2.05, 4.69) is 10.4 Å². The molecule has 8 heteroatoms. The highest BCUT2D eigenvalue weighted by molar-refractivity contribution is 5.84. The lowest BCUT2D eigenvalue weighted by Gasteiger charge is -2.29. The summed E-state index contributed by atoms with van der Waals surface area (Å²) in [7, 11) is 0. The number of halogens is 3. The monoisotopic (exact) mass is 497 g/mol. The van der Waals surface area contributed by atoms with Crippen LogP contribution in [0.3, 0.4) is 0 Å². The van der Waals surface area contributed by atoms with Gasteiger partial charge in [0.2, 0.25) is 0 Å². The number of nitrogens with one attached hydrogen (secondary N) is 1. The minimum atomic E-state index is -2.06. The van der Waals surface area contributed by atoms with E-state index in [0.717, 1.165) is 10.9 Å². The van der Waals surface area contributed by atoms with Crippen molar-refractivity contribution in [2.45, 2.75) is 52.9 Å². The first-order chi connectivity index (χ1) is 16.5. The van der Waals surface area contributed by atoms with Gasteiger partial charge in [0.05, 0.1) is 23.4 Å². The van der Waals surface area contributed by atoms with Gasteiger partial charge in [-0.25, -0.2) is 17.9 Å². The van der Waals surface area contributed by atoms with E-state index in [9.17, 15) is 18.0 Å². The predicted molar refractivity (Wildman–Crippen MR) is 135 cm³/mol. The van der Waals surface area contributed by atoms with Crippen molar-refractivity contribution in [3.8, 4) is 11.4 Å². The van der Waals surface area contributed by atoms with Crippen LogP contribution >= 0.6 is 0 Å². The molecule has 0 aliphatic carbocycles. The maximum atomic E-state index is 14.2. The summed E-state index contributed by atoms with van der Waals surface area (Å²) in [5, 5.41) is 7.85. The molecule has 5 nitrogen and oxygen atoms in total. The van der Waals surface area contributed by atoms with E-state index in [0.29, 0.717) is 22.6 Å². The Morgan fingerprint density at radius 2 is 1.69 bits per heavy atom. The zero-order chi connectivity index (χ0) is 25.3. The van der Waals surface area contributed by atoms with Gasteiger partial charge in [0.1, 0.15) is 23.5 Å². The molecule has 4 aromatic rings. The van der Waals surface area contributed by atoms with Gasteiger partial charge in [0.25, 0.3) is 5.91 Å². The van der Waals surface area contributed by atoms with Gasteiger partial charge in [0, 0.05) is 5.39 Å². The van der Waals surface area contributed by atoms with Crippen molar-refractivity contribution in [1.82, 2.24) is 15.1 Å². The number of alkyl halides is 1. The highest BCUT2D eigenvalue weighted by atomic mass is 19.1. The normalized spacial score (nSPS) is 13.1. The maximum Gasteiger partial charge on any atom is 0.257 e. The van der Waals surface area contributed by atoms with E-state index in [1.807, 2.05) is 6.07 Å². The third-order valence-electron chi connectivity index (χ3n) is 5.76. The quantitative estimate of drug-likeness (QED) is 0.312. The predicted octanol–water partition coefficient (Wildman–Crippen LogP) is 6.62. The SMILES string of the molecule is C.Cc1cc(F)ccc1[C@@H](Oc1ccc2c(cnn2-c2ccc(F)cc2)c1)[C@H](C)NC(=O)C(C)(C)F. The summed E-state index contributed by atoms with van der Waals surface area (Å²) in [6.45, 7) is 5.82. The number of rotatable bonds is 7. The minimum Gasteiger partial charge on any atom is -0.484 e. The molecule has 0 unspecified atom stereocenters. The summed E-state index contributed by atoms with van der Waals surface area (Å²) in [5.41, 5.74) is 0.739. The Morgan fingerprint density at radius 3 is 2.33 bits per heavy atom. The van der Waals surface area contributed by atoms with Crippen LogP contribution in [0, 0.1) is 18.6 Å². The van der Waals surface area contributed by atoms with E-state index in [1.54, 1.807) is 55.1 Å². The molecule has 0 fully saturated rings. The van der Waals surface area contributed by atoms with Gasteiger partial charge in [-0.1, -0.05) is 13.5 Å². The largest absolute Gasteiger partial charge is 0.484 e. The molecule has 2 atom stereocenters. The number of hydrogen-bond donors (Lipinski definition) is 1. The molecule has 0 saturated carbocycles. The molecule has 190 valence electrons. The van der Waals surface area contributed by atoms with Crippen LogP contribution in [0.15, 0.2) is 66.9 Å². The molecule has 4 rings (SSSR count). The highest BCUT2D eigenvalue weighted by Gasteiger charge is 2.32. The Labute approximate surface area is 208 Å². The number of carbonyl (C=O) groups is 1. The standard InChI is InChI=1S/C27H26F3N3O2.CH4/c1-16-13-20(29)7-11-23(16)25(17(2)32-26(34)27(3,4)30)35-22-10-12-24-18(14-22)15-31-33(24)21-8-5-19(28)6-9-21;/h5-15,17,25H,1-4H3,(H,32,34);1H4/t17-,25-;/m0./s1. The van der Waals surface area contributed by atoms with Crippen LogP contribution in [0.4, 0.5) is 13.2 Å². The summed E-state index contributed by atoms with van der Waals surface area (Å²) < 4.78 is 49.2. The molecule has 0 radical (unpaired) electrons. The molecule has 1 N–H and O–H groups in total. The number of nitrogens with zero attached hydrogens (tertiary/aromatic N) is 2. The molecule has 0 aliphatic rings. The fraction of sp³-hybridized carbons (Fsp3) is 0.286. The highest BCUT2D eigenvalue weighted by Crippen LogP contribution is 2.31. The van der Waals surface area contributed by atoms with E-state index >= 15 is 0 Å². The average Bonchev–Trinajstić information content (AvgIpc) is 3.21. The number of aryl methyl sites for hydroxylation is 1. The van der Waals surface area contributed by atoms with Gasteiger partial charge >= 0.3 is 0 Å². The first-order valence-electron chi connectivity index (χ1n) is 11.2. The fourth-order valence-electron chi connectivity index (χ4n) is 3.87. The molecule has 0 aliphatic heterocycles. The topological polar surface area (TPSA) is 56.1 Å². The average molecular weight is 498 g/mol. The van der Waals surface area contributed by atoms with Crippen molar-refractivity contribution in [1.29, 1.82) is 0 Å². The number of amides is 1. The summed E-state index contributed by atoms with van der Waals surface area (Å²) in [6, 6.07) is 15.1. The summed E-state index contributed by atoms with van der Waals surface area (Å²) >= 11 is 0. The van der Waals surface area contributed by atoms with Gasteiger partial charge < -0.3 is 10.1 Å². The van der Waals surface area contributed by atoms with Crippen molar-refractivity contribution in [3.63, 3.8) is 0 Å². The van der Waals surface area contributed by atoms with E-state index in [-0.39, 0.29) is 19.1 Å². The van der Waals surface area contributed by atoms with Gasteiger partial charge in [-0.05, 0) is 93.4 Å². The second-order valence-electron chi connectivity index (χ2n) is 9.03. The van der Waals surface area contributed by atoms with Gasteiger partial charge in [-0.2, -0.15) is 5.10 Å². The van der Waals surface area contributed by atoms with Crippen LogP contribution in [-0.4, -0.2) is 27.4 Å². The Kier molecular flexibility index (Phi) is 7.77. The summed E-state index contributed by atoms with van der Waals surface area (Å²) in [4.78, 5) is 12.3. The van der Waals surface area contributed by atoms with Crippen molar-refractivity contribution in [2.75, 3.05) is 0 Å². The molecule has 36 heavy (non-hydrogen) atoms. The van der Waals surface area contributed by atoms with Crippen molar-refractivity contribution in [3.05, 3.63) is 89.6 Å². The third kappa shape index (κ3) is 5.70. The number of fused-ring (bicyclic) bond motifs is 1. The van der Waals surface area contributed by atoms with Crippen LogP contribution in [-0.2, 0) is 4.79 Å². The molecule has 0 saturated heterocycles. The van der Waals surface area contributed by atoms with E-state index < -0.39 is 23.7 Å². The molecular weight excluding hydrogens is 467 g/mol. The lowest BCUT2D eigenvalue weighted by molar-refractivity contribution is -0.132. The minimum absolute atomic E-state index is 0. The number of ether oxygens (including phenoxy) is 1. The zero-order valence-electron chi connectivity index (χ0n) is 19.9. The van der Waals surface area contributed by atoms with Crippen molar-refractivity contribution >= 4 is 16.8 Å². The molecule has 1 heterocycles. The lowest BCUT2D eigenvalue weighted by Crippen LogP contribution is -2.46. The zero-order valence-corrected chi connectivity index (χ0v) is 19.9. The fourth-order valence-corrected chi connectivity index (χ4v) is 3.87. The molecule has 3 aromatic carbocycles. The number of benzene rings is 3. The third-order valence-corrected chi connectivity index (χ3v) is 5.76. The van der Waals surface area contributed by atoms with Gasteiger partial charge in [0.15, 0.2) is 5.67 Å². The van der Waals surface area contributed by atoms with Crippen molar-refractivity contribution in [2.24, 2.45) is 0 Å². The van der Waals surface area contributed by atoms with Crippen LogP contribution in [0.1, 0.15) is 45.4 Å². The van der Waals surface area contributed by atoms with Gasteiger partial charge in [-0.15, -0.1) is 0 Å². The molecular formula is C28H30F3N3O2. The first-order valence-corrected chi connectivity index (χ1v) is 11.2. The van der Waals surface area contributed by atoms with Gasteiger partial charge in [-0.3, -0.25) is 4.79 Å². The van der Waals surface area contributed by atoms with Crippen LogP contribution in [0.2, 0.25) is 0 Å². The Hall–Kier alpha value is -3.81. The molecule has 0 bridgehead atoms. The maximum absolute atomic E-state index is 14.2. The van der Waals surface area contributed by atoms with E-state index in [4.69, 9.17) is 4.74 Å². The lowest BCUT2D eigenvalue weighted by atomic mass is 9.97. The number of carbonyl (C=O) groups excluding carboxylic acids is 1. The second kappa shape index (κ2) is 10.4. The number of hydrogen-bond acceptors (Lipinski definition) is 3.